The lowest BCUT2D eigenvalue weighted by Gasteiger charge is -2.29. The van der Waals surface area contributed by atoms with E-state index in [2.05, 4.69) is 24.0 Å². The maximum atomic E-state index is 11.8. The number of carbonyl (C=O) groups is 1. The van der Waals surface area contributed by atoms with E-state index in [1.165, 1.54) is 5.56 Å². The lowest BCUT2D eigenvalue weighted by molar-refractivity contribution is -0.147. The standard InChI is InChI=1S/C14H18N2O2.H2O4S/c1-3-18-14(17)13-9-15-10-16(13)11(2)12-7-5-4-6-8-12;1-5(2,3)4/h4-8,10-11,13H,3,9H2,1-2H3;(H2,1,2,3,4). The van der Waals surface area contributed by atoms with Gasteiger partial charge in [-0.2, -0.15) is 8.42 Å². The van der Waals surface area contributed by atoms with E-state index in [4.69, 9.17) is 22.3 Å². The predicted molar refractivity (Wildman–Crippen MR) is 84.7 cm³/mol. The highest BCUT2D eigenvalue weighted by Crippen LogP contribution is 2.24. The topological polar surface area (TPSA) is 116 Å². The Bertz CT molecular complexity index is 624. The van der Waals surface area contributed by atoms with Gasteiger partial charge in [-0.05, 0) is 19.4 Å². The molecule has 0 spiro atoms. The molecule has 2 N–H and O–H groups in total. The third-order valence-electron chi connectivity index (χ3n) is 3.14. The van der Waals surface area contributed by atoms with Crippen LogP contribution in [0.3, 0.4) is 0 Å². The third-order valence-corrected chi connectivity index (χ3v) is 3.14. The van der Waals surface area contributed by atoms with E-state index >= 15 is 0 Å². The second-order valence-electron chi connectivity index (χ2n) is 4.73. The van der Waals surface area contributed by atoms with Gasteiger partial charge in [0.15, 0.2) is 0 Å². The van der Waals surface area contributed by atoms with Gasteiger partial charge in [0.2, 0.25) is 0 Å². The molecule has 2 rings (SSSR count). The molecule has 0 fully saturated rings. The summed E-state index contributed by atoms with van der Waals surface area (Å²) in [7, 11) is -4.67. The molecule has 1 aromatic rings. The SMILES string of the molecule is CCOC(=O)C1CN=CN1C(C)c1ccccc1.O=S(=O)(O)O. The minimum Gasteiger partial charge on any atom is -0.464 e. The van der Waals surface area contributed by atoms with Crippen molar-refractivity contribution in [1.29, 1.82) is 0 Å². The van der Waals surface area contributed by atoms with Crippen molar-refractivity contribution in [3.8, 4) is 0 Å². The summed E-state index contributed by atoms with van der Waals surface area (Å²) in [5, 5.41) is 0. The molecule has 0 saturated carbocycles. The number of esters is 1. The number of hydrogen-bond acceptors (Lipinski definition) is 6. The maximum Gasteiger partial charge on any atom is 0.394 e. The first-order valence-electron chi connectivity index (χ1n) is 6.93. The van der Waals surface area contributed by atoms with Gasteiger partial charge in [-0.3, -0.25) is 14.1 Å². The molecule has 0 saturated heterocycles. The van der Waals surface area contributed by atoms with Crippen molar-refractivity contribution >= 4 is 22.7 Å². The normalized spacial score (nSPS) is 18.1. The average molecular weight is 344 g/mol. The molecule has 1 aliphatic heterocycles. The lowest BCUT2D eigenvalue weighted by atomic mass is 10.1. The van der Waals surface area contributed by atoms with Crippen LogP contribution < -0.4 is 0 Å². The molecule has 1 aliphatic rings. The Labute approximate surface area is 135 Å². The minimum absolute atomic E-state index is 0.117. The first-order valence-corrected chi connectivity index (χ1v) is 8.32. The van der Waals surface area contributed by atoms with E-state index in [0.29, 0.717) is 13.2 Å². The highest BCUT2D eigenvalue weighted by atomic mass is 32.3. The minimum atomic E-state index is -4.67. The molecule has 128 valence electrons. The van der Waals surface area contributed by atoms with Crippen LogP contribution in [0, 0.1) is 0 Å². The molecule has 23 heavy (non-hydrogen) atoms. The van der Waals surface area contributed by atoms with Gasteiger partial charge in [-0.15, -0.1) is 0 Å². The van der Waals surface area contributed by atoms with Crippen molar-refractivity contribution in [1.82, 2.24) is 4.90 Å². The van der Waals surface area contributed by atoms with Crippen molar-refractivity contribution in [3.05, 3.63) is 35.9 Å². The Balaban J connectivity index is 0.000000463. The highest BCUT2D eigenvalue weighted by Gasteiger charge is 2.32. The van der Waals surface area contributed by atoms with Gasteiger partial charge in [0.1, 0.15) is 6.04 Å². The van der Waals surface area contributed by atoms with Crippen molar-refractivity contribution in [3.63, 3.8) is 0 Å². The van der Waals surface area contributed by atoms with Crippen LogP contribution >= 0.6 is 0 Å². The number of carbonyl (C=O) groups excluding carboxylic acids is 1. The zero-order valence-corrected chi connectivity index (χ0v) is 13.7. The van der Waals surface area contributed by atoms with Crippen molar-refractivity contribution in [2.75, 3.05) is 13.2 Å². The van der Waals surface area contributed by atoms with Crippen LogP contribution in [0.4, 0.5) is 0 Å². The molecule has 2 unspecified atom stereocenters. The first kappa shape index (κ1) is 19.1. The van der Waals surface area contributed by atoms with Crippen molar-refractivity contribution < 1.29 is 27.1 Å². The van der Waals surface area contributed by atoms with Crippen molar-refractivity contribution in [2.24, 2.45) is 4.99 Å². The van der Waals surface area contributed by atoms with Crippen LogP contribution in [-0.2, 0) is 19.9 Å². The van der Waals surface area contributed by atoms with Crippen LogP contribution in [0.15, 0.2) is 35.3 Å². The fourth-order valence-electron chi connectivity index (χ4n) is 2.12. The van der Waals surface area contributed by atoms with Crippen LogP contribution in [0.5, 0.6) is 0 Å². The number of ether oxygens (including phenoxy) is 1. The maximum absolute atomic E-state index is 11.8. The molecule has 0 radical (unpaired) electrons. The highest BCUT2D eigenvalue weighted by molar-refractivity contribution is 7.79. The van der Waals surface area contributed by atoms with Crippen LogP contribution in [0.1, 0.15) is 25.5 Å². The van der Waals surface area contributed by atoms with E-state index in [-0.39, 0.29) is 18.1 Å². The van der Waals surface area contributed by atoms with Gasteiger partial charge in [0.05, 0.1) is 25.5 Å². The molecular weight excluding hydrogens is 324 g/mol. The molecule has 0 aliphatic carbocycles. The van der Waals surface area contributed by atoms with Crippen LogP contribution in [0.2, 0.25) is 0 Å². The van der Waals surface area contributed by atoms with Crippen LogP contribution in [-0.4, -0.2) is 53.9 Å². The largest absolute Gasteiger partial charge is 0.464 e. The Hall–Kier alpha value is -1.97. The van der Waals surface area contributed by atoms with Gasteiger partial charge in [0, 0.05) is 0 Å². The summed E-state index contributed by atoms with van der Waals surface area (Å²) in [5.74, 6) is -0.196. The molecule has 1 heterocycles. The molecule has 8 nitrogen and oxygen atoms in total. The van der Waals surface area contributed by atoms with E-state index in [1.807, 2.05) is 30.0 Å². The summed E-state index contributed by atoms with van der Waals surface area (Å²) in [5.41, 5.74) is 1.17. The second-order valence-corrected chi connectivity index (χ2v) is 5.63. The van der Waals surface area contributed by atoms with Crippen LogP contribution in [0.25, 0.3) is 0 Å². The van der Waals surface area contributed by atoms with Gasteiger partial charge in [-0.25, -0.2) is 4.79 Å². The molecule has 1 aromatic carbocycles. The second kappa shape index (κ2) is 8.61. The fraction of sp³-hybridized carbons (Fsp3) is 0.429. The fourth-order valence-corrected chi connectivity index (χ4v) is 2.12. The summed E-state index contributed by atoms with van der Waals surface area (Å²) in [6, 6.07) is 9.92. The summed E-state index contributed by atoms with van der Waals surface area (Å²) >= 11 is 0. The zero-order chi connectivity index (χ0) is 17.5. The monoisotopic (exact) mass is 344 g/mol. The first-order chi connectivity index (χ1) is 10.7. The van der Waals surface area contributed by atoms with E-state index in [9.17, 15) is 4.79 Å². The van der Waals surface area contributed by atoms with Gasteiger partial charge in [0.25, 0.3) is 0 Å². The summed E-state index contributed by atoms with van der Waals surface area (Å²) < 4.78 is 36.7. The van der Waals surface area contributed by atoms with E-state index in [0.717, 1.165) is 0 Å². The number of nitrogens with zero attached hydrogens (tertiary/aromatic N) is 2. The number of rotatable bonds is 4. The van der Waals surface area contributed by atoms with Gasteiger partial charge in [-0.1, -0.05) is 30.3 Å². The third kappa shape index (κ3) is 6.76. The molecular formula is C14H20N2O6S. The van der Waals surface area contributed by atoms with Gasteiger partial charge >= 0.3 is 16.4 Å². The number of benzene rings is 1. The smallest absolute Gasteiger partial charge is 0.394 e. The molecule has 0 aromatic heterocycles. The Kier molecular flexibility index (Phi) is 7.14. The number of aliphatic imine (C=N–C) groups is 1. The Morgan fingerprint density at radius 3 is 2.48 bits per heavy atom. The van der Waals surface area contributed by atoms with E-state index < -0.39 is 10.4 Å². The summed E-state index contributed by atoms with van der Waals surface area (Å²) in [4.78, 5) is 18.0. The Morgan fingerprint density at radius 1 is 1.39 bits per heavy atom. The number of hydrogen-bond donors (Lipinski definition) is 2. The van der Waals surface area contributed by atoms with E-state index in [1.54, 1.807) is 6.34 Å². The Morgan fingerprint density at radius 2 is 1.96 bits per heavy atom. The molecule has 2 atom stereocenters. The predicted octanol–water partition coefficient (Wildman–Crippen LogP) is 1.37. The summed E-state index contributed by atoms with van der Waals surface area (Å²) in [6.45, 7) is 4.77. The zero-order valence-electron chi connectivity index (χ0n) is 12.9. The molecule has 0 bridgehead atoms. The van der Waals surface area contributed by atoms with Crippen molar-refractivity contribution in [2.45, 2.75) is 25.9 Å². The van der Waals surface area contributed by atoms with Gasteiger partial charge < -0.3 is 9.64 Å². The average Bonchev–Trinajstić information content (AvgIpc) is 2.95. The summed E-state index contributed by atoms with van der Waals surface area (Å²) in [6.07, 6.45) is 1.75. The lowest BCUT2D eigenvalue weighted by Crippen LogP contribution is -2.41. The molecule has 0 amide bonds. The quantitative estimate of drug-likeness (QED) is 0.626. The molecule has 9 heteroatoms.